The molecule has 0 heterocycles. The molecular formula is C11H25NO. The Kier molecular flexibility index (Phi) is 9.94. The van der Waals surface area contributed by atoms with Crippen molar-refractivity contribution in [2.24, 2.45) is 5.92 Å². The lowest BCUT2D eigenvalue weighted by Gasteiger charge is -2.12. The van der Waals surface area contributed by atoms with Gasteiger partial charge in [0.2, 0.25) is 0 Å². The van der Waals surface area contributed by atoms with Crippen LogP contribution in [0.1, 0.15) is 40.0 Å². The van der Waals surface area contributed by atoms with Gasteiger partial charge in [-0.25, -0.2) is 0 Å². The standard InChI is InChI=1S/C11H25NO/c1-4-11(5-2)10-12-8-7-9-13-6-3/h11-12H,4-10H2,1-3H3. The first-order valence-corrected chi connectivity index (χ1v) is 5.63. The first-order valence-electron chi connectivity index (χ1n) is 5.63. The Bertz CT molecular complexity index is 92.1. The van der Waals surface area contributed by atoms with Crippen molar-refractivity contribution in [3.63, 3.8) is 0 Å². The van der Waals surface area contributed by atoms with Crippen molar-refractivity contribution in [3.8, 4) is 0 Å². The zero-order valence-electron chi connectivity index (χ0n) is 9.44. The van der Waals surface area contributed by atoms with Gasteiger partial charge in [-0.2, -0.15) is 0 Å². The van der Waals surface area contributed by atoms with Crippen molar-refractivity contribution >= 4 is 0 Å². The van der Waals surface area contributed by atoms with Gasteiger partial charge in [0.25, 0.3) is 0 Å². The monoisotopic (exact) mass is 187 g/mol. The maximum absolute atomic E-state index is 5.25. The van der Waals surface area contributed by atoms with E-state index in [1.807, 2.05) is 6.92 Å². The molecule has 13 heavy (non-hydrogen) atoms. The lowest BCUT2D eigenvalue weighted by atomic mass is 10.0. The zero-order chi connectivity index (χ0) is 9.94. The van der Waals surface area contributed by atoms with Gasteiger partial charge in [-0.1, -0.05) is 26.7 Å². The highest BCUT2D eigenvalue weighted by Crippen LogP contribution is 2.04. The summed E-state index contributed by atoms with van der Waals surface area (Å²) in [6.45, 7) is 10.6. The minimum absolute atomic E-state index is 0.840. The molecule has 0 aromatic rings. The second kappa shape index (κ2) is 10.0. The molecule has 0 aromatic carbocycles. The van der Waals surface area contributed by atoms with E-state index in [1.54, 1.807) is 0 Å². The molecule has 0 spiro atoms. The van der Waals surface area contributed by atoms with Gasteiger partial charge in [0.1, 0.15) is 0 Å². The van der Waals surface area contributed by atoms with Crippen molar-refractivity contribution in [3.05, 3.63) is 0 Å². The van der Waals surface area contributed by atoms with Crippen LogP contribution in [0.15, 0.2) is 0 Å². The van der Waals surface area contributed by atoms with Crippen molar-refractivity contribution in [2.75, 3.05) is 26.3 Å². The molecule has 0 aliphatic carbocycles. The summed E-state index contributed by atoms with van der Waals surface area (Å²) >= 11 is 0. The van der Waals surface area contributed by atoms with Crippen LogP contribution in [0.25, 0.3) is 0 Å². The highest BCUT2D eigenvalue weighted by atomic mass is 16.5. The minimum Gasteiger partial charge on any atom is -0.382 e. The number of rotatable bonds is 9. The highest BCUT2D eigenvalue weighted by molar-refractivity contribution is 4.58. The van der Waals surface area contributed by atoms with Crippen LogP contribution >= 0.6 is 0 Å². The third-order valence-corrected chi connectivity index (χ3v) is 2.43. The summed E-state index contributed by atoms with van der Waals surface area (Å²) in [5.41, 5.74) is 0. The van der Waals surface area contributed by atoms with Gasteiger partial charge in [-0.3, -0.25) is 0 Å². The summed E-state index contributed by atoms with van der Waals surface area (Å²) in [6, 6.07) is 0. The van der Waals surface area contributed by atoms with Crippen LogP contribution in [0.2, 0.25) is 0 Å². The van der Waals surface area contributed by atoms with Gasteiger partial charge in [0, 0.05) is 13.2 Å². The molecule has 2 nitrogen and oxygen atoms in total. The average molecular weight is 187 g/mol. The number of hydrogen-bond donors (Lipinski definition) is 1. The fourth-order valence-corrected chi connectivity index (χ4v) is 1.33. The van der Waals surface area contributed by atoms with Crippen LogP contribution in [0.5, 0.6) is 0 Å². The van der Waals surface area contributed by atoms with Crippen molar-refractivity contribution in [2.45, 2.75) is 40.0 Å². The van der Waals surface area contributed by atoms with E-state index in [0.29, 0.717) is 0 Å². The van der Waals surface area contributed by atoms with E-state index < -0.39 is 0 Å². The zero-order valence-corrected chi connectivity index (χ0v) is 9.44. The first kappa shape index (κ1) is 12.9. The molecule has 0 aliphatic heterocycles. The first-order chi connectivity index (χ1) is 6.35. The Hall–Kier alpha value is -0.0800. The third-order valence-electron chi connectivity index (χ3n) is 2.43. The van der Waals surface area contributed by atoms with Crippen LogP contribution in [0.3, 0.4) is 0 Å². The van der Waals surface area contributed by atoms with Crippen molar-refractivity contribution in [1.82, 2.24) is 5.32 Å². The second-order valence-electron chi connectivity index (χ2n) is 3.44. The molecule has 0 saturated heterocycles. The lowest BCUT2D eigenvalue weighted by Crippen LogP contribution is -2.23. The molecule has 0 radical (unpaired) electrons. The Morgan fingerprint density at radius 3 is 2.38 bits per heavy atom. The smallest absolute Gasteiger partial charge is 0.0477 e. The second-order valence-corrected chi connectivity index (χ2v) is 3.44. The van der Waals surface area contributed by atoms with Gasteiger partial charge >= 0.3 is 0 Å². The highest BCUT2D eigenvalue weighted by Gasteiger charge is 2.00. The van der Waals surface area contributed by atoms with E-state index in [4.69, 9.17) is 4.74 Å². The molecule has 0 atom stereocenters. The summed E-state index contributed by atoms with van der Waals surface area (Å²) in [4.78, 5) is 0. The van der Waals surface area contributed by atoms with E-state index in [9.17, 15) is 0 Å². The minimum atomic E-state index is 0.840. The molecule has 0 bridgehead atoms. The van der Waals surface area contributed by atoms with E-state index >= 15 is 0 Å². The molecular weight excluding hydrogens is 162 g/mol. The maximum atomic E-state index is 5.25. The van der Waals surface area contributed by atoms with E-state index in [0.717, 1.165) is 32.1 Å². The van der Waals surface area contributed by atoms with Gasteiger partial charge in [0.05, 0.1) is 0 Å². The largest absolute Gasteiger partial charge is 0.382 e. The molecule has 0 aromatic heterocycles. The van der Waals surface area contributed by atoms with E-state index in [-0.39, 0.29) is 0 Å². The van der Waals surface area contributed by atoms with E-state index in [2.05, 4.69) is 19.2 Å². The summed E-state index contributed by atoms with van der Waals surface area (Å²) in [6.07, 6.45) is 3.71. The third kappa shape index (κ3) is 8.26. The Balaban J connectivity index is 3.05. The number of nitrogens with one attached hydrogen (secondary N) is 1. The SMILES string of the molecule is CCOCCCNCC(CC)CC. The normalized spacial score (nSPS) is 11.1. The fraction of sp³-hybridized carbons (Fsp3) is 1.00. The lowest BCUT2D eigenvalue weighted by molar-refractivity contribution is 0.144. The molecule has 0 unspecified atom stereocenters. The molecule has 0 rings (SSSR count). The van der Waals surface area contributed by atoms with Crippen LogP contribution in [0.4, 0.5) is 0 Å². The Morgan fingerprint density at radius 1 is 1.15 bits per heavy atom. The molecule has 0 aliphatic rings. The Labute approximate surface area is 83.1 Å². The molecule has 0 saturated carbocycles. The van der Waals surface area contributed by atoms with Crippen LogP contribution < -0.4 is 5.32 Å². The molecule has 0 fully saturated rings. The predicted octanol–water partition coefficient (Wildman–Crippen LogP) is 2.44. The molecule has 0 amide bonds. The topological polar surface area (TPSA) is 21.3 Å². The fourth-order valence-electron chi connectivity index (χ4n) is 1.33. The molecule has 2 heteroatoms. The predicted molar refractivity (Wildman–Crippen MR) is 58.1 cm³/mol. The molecule has 1 N–H and O–H groups in total. The van der Waals surface area contributed by atoms with Crippen LogP contribution in [-0.2, 0) is 4.74 Å². The van der Waals surface area contributed by atoms with Crippen LogP contribution in [-0.4, -0.2) is 26.3 Å². The van der Waals surface area contributed by atoms with E-state index in [1.165, 1.54) is 19.4 Å². The Morgan fingerprint density at radius 2 is 1.85 bits per heavy atom. The van der Waals surface area contributed by atoms with Gasteiger partial charge < -0.3 is 10.1 Å². The van der Waals surface area contributed by atoms with Crippen molar-refractivity contribution in [1.29, 1.82) is 0 Å². The molecule has 80 valence electrons. The number of ether oxygens (including phenoxy) is 1. The maximum Gasteiger partial charge on any atom is 0.0477 e. The van der Waals surface area contributed by atoms with Crippen LogP contribution in [0, 0.1) is 5.92 Å². The van der Waals surface area contributed by atoms with Gasteiger partial charge in [0.15, 0.2) is 0 Å². The summed E-state index contributed by atoms with van der Waals surface area (Å²) < 4.78 is 5.25. The number of hydrogen-bond acceptors (Lipinski definition) is 2. The van der Waals surface area contributed by atoms with Gasteiger partial charge in [-0.05, 0) is 32.4 Å². The summed E-state index contributed by atoms with van der Waals surface area (Å²) in [5, 5.41) is 3.47. The summed E-state index contributed by atoms with van der Waals surface area (Å²) in [7, 11) is 0. The van der Waals surface area contributed by atoms with Gasteiger partial charge in [-0.15, -0.1) is 0 Å². The summed E-state index contributed by atoms with van der Waals surface area (Å²) in [5.74, 6) is 0.854. The van der Waals surface area contributed by atoms with Crippen molar-refractivity contribution < 1.29 is 4.74 Å². The average Bonchev–Trinajstić information content (AvgIpc) is 2.17. The quantitative estimate of drug-likeness (QED) is 0.560.